The standard InChI is InChI=1S/C15H14O2/c1-17-15-10-9-13(11-14(15)16)8-7-12-5-3-2-4-6-12/h2-11,16H,1H3/b8-7+. The van der Waals surface area contributed by atoms with Crippen molar-refractivity contribution in [3.8, 4) is 11.5 Å². The average molecular weight is 226 g/mol. The van der Waals surface area contributed by atoms with Crippen molar-refractivity contribution in [1.82, 2.24) is 0 Å². The molecule has 2 rings (SSSR count). The lowest BCUT2D eigenvalue weighted by Gasteiger charge is -2.03. The minimum Gasteiger partial charge on any atom is -0.504 e. The third kappa shape index (κ3) is 2.88. The Balaban J connectivity index is 2.19. The van der Waals surface area contributed by atoms with Gasteiger partial charge in [-0.2, -0.15) is 0 Å². The number of aromatic hydroxyl groups is 1. The maximum Gasteiger partial charge on any atom is 0.160 e. The third-order valence-electron chi connectivity index (χ3n) is 2.47. The van der Waals surface area contributed by atoms with E-state index in [1.807, 2.05) is 48.6 Å². The van der Waals surface area contributed by atoms with Crippen LogP contribution in [0.5, 0.6) is 11.5 Å². The van der Waals surface area contributed by atoms with Gasteiger partial charge < -0.3 is 9.84 Å². The molecule has 0 atom stereocenters. The number of rotatable bonds is 3. The van der Waals surface area contributed by atoms with Crippen LogP contribution >= 0.6 is 0 Å². The van der Waals surface area contributed by atoms with Crippen LogP contribution in [0.2, 0.25) is 0 Å². The summed E-state index contributed by atoms with van der Waals surface area (Å²) in [7, 11) is 1.54. The topological polar surface area (TPSA) is 29.5 Å². The van der Waals surface area contributed by atoms with Gasteiger partial charge in [0.05, 0.1) is 7.11 Å². The summed E-state index contributed by atoms with van der Waals surface area (Å²) < 4.78 is 4.99. The molecule has 0 saturated heterocycles. The minimum atomic E-state index is 0.155. The Morgan fingerprint density at radius 1 is 0.941 bits per heavy atom. The summed E-state index contributed by atoms with van der Waals surface area (Å²) in [6.45, 7) is 0. The van der Waals surface area contributed by atoms with Crippen molar-refractivity contribution >= 4 is 12.2 Å². The van der Waals surface area contributed by atoms with Crippen molar-refractivity contribution in [3.63, 3.8) is 0 Å². The molecule has 0 radical (unpaired) electrons. The van der Waals surface area contributed by atoms with Crippen LogP contribution in [-0.2, 0) is 0 Å². The highest BCUT2D eigenvalue weighted by Crippen LogP contribution is 2.26. The zero-order valence-corrected chi connectivity index (χ0v) is 9.63. The van der Waals surface area contributed by atoms with Gasteiger partial charge >= 0.3 is 0 Å². The lowest BCUT2D eigenvalue weighted by molar-refractivity contribution is 0.373. The molecule has 2 aromatic rings. The first kappa shape index (κ1) is 11.3. The molecule has 0 aliphatic rings. The van der Waals surface area contributed by atoms with E-state index in [0.29, 0.717) is 5.75 Å². The molecule has 0 aromatic heterocycles. The van der Waals surface area contributed by atoms with Crippen LogP contribution in [0.15, 0.2) is 48.5 Å². The zero-order valence-electron chi connectivity index (χ0n) is 9.63. The van der Waals surface area contributed by atoms with Crippen LogP contribution in [0.3, 0.4) is 0 Å². The highest BCUT2D eigenvalue weighted by molar-refractivity contribution is 5.70. The van der Waals surface area contributed by atoms with Crippen LogP contribution in [0.25, 0.3) is 12.2 Å². The summed E-state index contributed by atoms with van der Waals surface area (Å²) in [6, 6.07) is 15.4. The first-order chi connectivity index (χ1) is 8.29. The molecule has 0 fully saturated rings. The van der Waals surface area contributed by atoms with Gasteiger partial charge in [0.2, 0.25) is 0 Å². The van der Waals surface area contributed by atoms with Crippen molar-refractivity contribution < 1.29 is 9.84 Å². The summed E-state index contributed by atoms with van der Waals surface area (Å²) in [5.41, 5.74) is 2.06. The second-order valence-electron chi connectivity index (χ2n) is 3.68. The Morgan fingerprint density at radius 2 is 1.65 bits per heavy atom. The Kier molecular flexibility index (Phi) is 3.46. The van der Waals surface area contributed by atoms with Gasteiger partial charge in [-0.3, -0.25) is 0 Å². The van der Waals surface area contributed by atoms with Crippen LogP contribution in [0.4, 0.5) is 0 Å². The predicted molar refractivity (Wildman–Crippen MR) is 70.0 cm³/mol. The summed E-state index contributed by atoms with van der Waals surface area (Å²) in [4.78, 5) is 0. The molecule has 0 aliphatic heterocycles. The molecule has 2 aromatic carbocycles. The Labute approximate surface area is 101 Å². The van der Waals surface area contributed by atoms with Crippen LogP contribution < -0.4 is 4.74 Å². The normalized spacial score (nSPS) is 10.6. The Bertz CT molecular complexity index is 516. The fourth-order valence-corrected chi connectivity index (χ4v) is 1.57. The Morgan fingerprint density at radius 3 is 2.29 bits per heavy atom. The largest absolute Gasteiger partial charge is 0.504 e. The van der Waals surface area contributed by atoms with E-state index in [1.165, 1.54) is 7.11 Å². The second-order valence-corrected chi connectivity index (χ2v) is 3.68. The number of benzene rings is 2. The summed E-state index contributed by atoms with van der Waals surface area (Å²) in [5, 5.41) is 9.63. The number of hydrogen-bond donors (Lipinski definition) is 1. The van der Waals surface area contributed by atoms with Gasteiger partial charge in [0.15, 0.2) is 11.5 Å². The maximum absolute atomic E-state index is 9.63. The van der Waals surface area contributed by atoms with Gasteiger partial charge in [0.25, 0.3) is 0 Å². The second kappa shape index (κ2) is 5.21. The molecule has 0 heterocycles. The van der Waals surface area contributed by atoms with Crippen molar-refractivity contribution in [3.05, 3.63) is 59.7 Å². The van der Waals surface area contributed by atoms with E-state index in [2.05, 4.69) is 0 Å². The fourth-order valence-electron chi connectivity index (χ4n) is 1.57. The number of phenolic OH excluding ortho intramolecular Hbond substituents is 1. The SMILES string of the molecule is COc1ccc(/C=C/c2ccccc2)cc1O. The minimum absolute atomic E-state index is 0.155. The monoisotopic (exact) mass is 226 g/mol. The quantitative estimate of drug-likeness (QED) is 0.811. The average Bonchev–Trinajstić information content (AvgIpc) is 2.38. The van der Waals surface area contributed by atoms with E-state index in [-0.39, 0.29) is 5.75 Å². The lowest BCUT2D eigenvalue weighted by atomic mass is 10.1. The van der Waals surface area contributed by atoms with Gasteiger partial charge in [0.1, 0.15) is 0 Å². The molecule has 0 aliphatic carbocycles. The van der Waals surface area contributed by atoms with Gasteiger partial charge in [-0.15, -0.1) is 0 Å². The molecule has 17 heavy (non-hydrogen) atoms. The van der Waals surface area contributed by atoms with Gasteiger partial charge in [-0.25, -0.2) is 0 Å². The van der Waals surface area contributed by atoms with E-state index in [1.54, 1.807) is 12.1 Å². The van der Waals surface area contributed by atoms with Crippen molar-refractivity contribution in [2.24, 2.45) is 0 Å². The summed E-state index contributed by atoms with van der Waals surface area (Å²) in [6.07, 6.45) is 3.95. The van der Waals surface area contributed by atoms with Gasteiger partial charge in [-0.05, 0) is 23.3 Å². The van der Waals surface area contributed by atoms with Crippen LogP contribution in [0.1, 0.15) is 11.1 Å². The molecule has 1 N–H and O–H groups in total. The van der Waals surface area contributed by atoms with E-state index >= 15 is 0 Å². The van der Waals surface area contributed by atoms with Crippen LogP contribution in [0, 0.1) is 0 Å². The zero-order chi connectivity index (χ0) is 12.1. The molecule has 0 spiro atoms. The smallest absolute Gasteiger partial charge is 0.160 e. The molecular formula is C15H14O2. The van der Waals surface area contributed by atoms with E-state index in [0.717, 1.165) is 11.1 Å². The number of phenols is 1. The molecule has 2 heteroatoms. The van der Waals surface area contributed by atoms with Crippen molar-refractivity contribution in [2.45, 2.75) is 0 Å². The molecule has 0 amide bonds. The molecule has 0 saturated carbocycles. The van der Waals surface area contributed by atoms with Crippen molar-refractivity contribution in [2.75, 3.05) is 7.11 Å². The van der Waals surface area contributed by atoms with Crippen molar-refractivity contribution in [1.29, 1.82) is 0 Å². The Hall–Kier alpha value is -2.22. The summed E-state index contributed by atoms with van der Waals surface area (Å²) >= 11 is 0. The molecule has 0 unspecified atom stereocenters. The molecule has 0 bridgehead atoms. The maximum atomic E-state index is 9.63. The summed E-state index contributed by atoms with van der Waals surface area (Å²) in [5.74, 6) is 0.643. The molecule has 86 valence electrons. The lowest BCUT2D eigenvalue weighted by Crippen LogP contribution is -1.83. The molecule has 2 nitrogen and oxygen atoms in total. The van der Waals surface area contributed by atoms with E-state index in [4.69, 9.17) is 4.74 Å². The third-order valence-corrected chi connectivity index (χ3v) is 2.47. The number of ether oxygens (including phenoxy) is 1. The first-order valence-corrected chi connectivity index (χ1v) is 5.40. The number of hydrogen-bond acceptors (Lipinski definition) is 2. The number of methoxy groups -OCH3 is 1. The van der Waals surface area contributed by atoms with E-state index < -0.39 is 0 Å². The van der Waals surface area contributed by atoms with Gasteiger partial charge in [-0.1, -0.05) is 48.6 Å². The predicted octanol–water partition coefficient (Wildman–Crippen LogP) is 3.57. The highest BCUT2D eigenvalue weighted by atomic mass is 16.5. The van der Waals surface area contributed by atoms with E-state index in [9.17, 15) is 5.11 Å². The van der Waals surface area contributed by atoms with Crippen LogP contribution in [-0.4, -0.2) is 12.2 Å². The van der Waals surface area contributed by atoms with Gasteiger partial charge in [0, 0.05) is 0 Å². The fraction of sp³-hybridized carbons (Fsp3) is 0.0667. The highest BCUT2D eigenvalue weighted by Gasteiger charge is 1.99. The first-order valence-electron chi connectivity index (χ1n) is 5.40. The molecular weight excluding hydrogens is 212 g/mol.